The lowest BCUT2D eigenvalue weighted by atomic mass is 9.97. The molecule has 0 atom stereocenters. The number of hydrogen-bond acceptors (Lipinski definition) is 3. The number of carboxylic acid groups (broad SMARTS) is 1. The molecule has 0 aliphatic heterocycles. The van der Waals surface area contributed by atoms with Crippen LogP contribution in [0.15, 0.2) is 6.33 Å². The molecule has 0 aromatic carbocycles. The largest absolute Gasteiger partial charge is 0.481 e. The maximum Gasteiger partial charge on any atom is 0.311 e. The summed E-state index contributed by atoms with van der Waals surface area (Å²) in [5.41, 5.74) is 0.0704. The van der Waals surface area contributed by atoms with Crippen molar-refractivity contribution in [3.63, 3.8) is 0 Å². The van der Waals surface area contributed by atoms with Crippen LogP contribution in [0.1, 0.15) is 26.6 Å². The average Bonchev–Trinajstić information content (AvgIpc) is 2.32. The van der Waals surface area contributed by atoms with Gasteiger partial charge in [0.15, 0.2) is 0 Å². The number of carboxylic acids is 1. The molecule has 1 aromatic heterocycles. The highest BCUT2D eigenvalue weighted by atomic mass is 16.4. The molecule has 0 aliphatic carbocycles. The minimum Gasteiger partial charge on any atom is -0.481 e. The molecule has 0 saturated carbocycles. The molecule has 1 aromatic rings. The van der Waals surface area contributed by atoms with Gasteiger partial charge in [0, 0.05) is 6.54 Å². The standard InChI is InChI=1S/C9H15N3O2/c1-9(2,3)5-12-7(4-8(13)14)10-6-11-12/h6H,4-5H2,1-3H3,(H,13,14). The first-order valence-electron chi connectivity index (χ1n) is 4.47. The number of aromatic nitrogens is 3. The number of hydrogen-bond donors (Lipinski definition) is 1. The monoisotopic (exact) mass is 197 g/mol. The van der Waals surface area contributed by atoms with E-state index >= 15 is 0 Å². The molecule has 0 spiro atoms. The Balaban J connectivity index is 2.77. The summed E-state index contributed by atoms with van der Waals surface area (Å²) in [5.74, 6) is -0.374. The zero-order valence-electron chi connectivity index (χ0n) is 8.69. The number of rotatable bonds is 3. The first-order valence-corrected chi connectivity index (χ1v) is 4.47. The molecule has 0 unspecified atom stereocenters. The molecule has 14 heavy (non-hydrogen) atoms. The number of carbonyl (C=O) groups is 1. The maximum atomic E-state index is 10.5. The Hall–Kier alpha value is -1.39. The topological polar surface area (TPSA) is 68.0 Å². The summed E-state index contributed by atoms with van der Waals surface area (Å²) < 4.78 is 1.65. The van der Waals surface area contributed by atoms with Crippen LogP contribution in [0.4, 0.5) is 0 Å². The van der Waals surface area contributed by atoms with Gasteiger partial charge in [-0.05, 0) is 5.41 Å². The molecule has 5 heteroatoms. The van der Waals surface area contributed by atoms with E-state index in [1.807, 2.05) is 0 Å². The van der Waals surface area contributed by atoms with Crippen molar-refractivity contribution in [3.8, 4) is 0 Å². The molecule has 0 aliphatic rings. The van der Waals surface area contributed by atoms with E-state index in [2.05, 4.69) is 30.9 Å². The summed E-state index contributed by atoms with van der Waals surface area (Å²) in [6.07, 6.45) is 1.32. The van der Waals surface area contributed by atoms with E-state index in [4.69, 9.17) is 5.11 Å². The lowest BCUT2D eigenvalue weighted by molar-refractivity contribution is -0.136. The van der Waals surface area contributed by atoms with Gasteiger partial charge in [-0.25, -0.2) is 9.67 Å². The molecule has 0 radical (unpaired) electrons. The fourth-order valence-electron chi connectivity index (χ4n) is 1.14. The van der Waals surface area contributed by atoms with Gasteiger partial charge in [-0.2, -0.15) is 5.10 Å². The highest BCUT2D eigenvalue weighted by Crippen LogP contribution is 2.16. The summed E-state index contributed by atoms with van der Waals surface area (Å²) in [5, 5.41) is 12.6. The smallest absolute Gasteiger partial charge is 0.311 e. The summed E-state index contributed by atoms with van der Waals surface area (Å²) in [6, 6.07) is 0. The Kier molecular flexibility index (Phi) is 2.88. The molecule has 0 saturated heterocycles. The SMILES string of the molecule is CC(C)(C)Cn1ncnc1CC(=O)O. The Labute approximate surface area is 82.8 Å². The van der Waals surface area contributed by atoms with Crippen molar-refractivity contribution in [3.05, 3.63) is 12.2 Å². The molecular weight excluding hydrogens is 182 g/mol. The molecule has 1 heterocycles. The van der Waals surface area contributed by atoms with Gasteiger partial charge >= 0.3 is 5.97 Å². The van der Waals surface area contributed by atoms with Gasteiger partial charge in [0.25, 0.3) is 0 Å². The van der Waals surface area contributed by atoms with Crippen molar-refractivity contribution >= 4 is 5.97 Å². The number of nitrogens with zero attached hydrogens (tertiary/aromatic N) is 3. The van der Waals surface area contributed by atoms with Gasteiger partial charge in [-0.3, -0.25) is 4.79 Å². The van der Waals surface area contributed by atoms with Gasteiger partial charge < -0.3 is 5.11 Å². The zero-order valence-corrected chi connectivity index (χ0v) is 8.69. The van der Waals surface area contributed by atoms with Crippen LogP contribution < -0.4 is 0 Å². The van der Waals surface area contributed by atoms with Crippen molar-refractivity contribution in [1.82, 2.24) is 14.8 Å². The number of aliphatic carboxylic acids is 1. The van der Waals surface area contributed by atoms with Gasteiger partial charge in [0.1, 0.15) is 18.6 Å². The van der Waals surface area contributed by atoms with E-state index in [0.717, 1.165) is 0 Å². The van der Waals surface area contributed by atoms with Crippen molar-refractivity contribution in [1.29, 1.82) is 0 Å². The predicted molar refractivity (Wildman–Crippen MR) is 50.8 cm³/mol. The molecular formula is C9H15N3O2. The van der Waals surface area contributed by atoms with Crippen LogP contribution in [0.3, 0.4) is 0 Å². The van der Waals surface area contributed by atoms with Crippen LogP contribution in [0, 0.1) is 5.41 Å². The predicted octanol–water partition coefficient (Wildman–Crippen LogP) is 0.951. The van der Waals surface area contributed by atoms with Crippen LogP contribution in [0.25, 0.3) is 0 Å². The lowest BCUT2D eigenvalue weighted by Crippen LogP contribution is -2.20. The van der Waals surface area contributed by atoms with Crippen LogP contribution in [0.5, 0.6) is 0 Å². The maximum absolute atomic E-state index is 10.5. The second-order valence-corrected chi connectivity index (χ2v) is 4.47. The van der Waals surface area contributed by atoms with Crippen molar-refractivity contribution in [2.24, 2.45) is 5.41 Å². The highest BCUT2D eigenvalue weighted by molar-refractivity contribution is 5.68. The van der Waals surface area contributed by atoms with E-state index in [0.29, 0.717) is 12.4 Å². The van der Waals surface area contributed by atoms with E-state index in [9.17, 15) is 4.79 Å². The summed E-state index contributed by atoms with van der Waals surface area (Å²) >= 11 is 0. The normalized spacial score (nSPS) is 11.6. The molecule has 5 nitrogen and oxygen atoms in total. The molecule has 0 fully saturated rings. The third-order valence-electron chi connectivity index (χ3n) is 1.63. The zero-order chi connectivity index (χ0) is 10.8. The van der Waals surface area contributed by atoms with Crippen LogP contribution in [0.2, 0.25) is 0 Å². The summed E-state index contributed by atoms with van der Waals surface area (Å²) in [7, 11) is 0. The van der Waals surface area contributed by atoms with Crippen LogP contribution >= 0.6 is 0 Å². The second kappa shape index (κ2) is 3.77. The fraction of sp³-hybridized carbons (Fsp3) is 0.667. The minimum absolute atomic E-state index is 0.0704. The summed E-state index contributed by atoms with van der Waals surface area (Å²) in [4.78, 5) is 14.4. The van der Waals surface area contributed by atoms with Gasteiger partial charge in [-0.1, -0.05) is 20.8 Å². The van der Waals surface area contributed by atoms with E-state index in [1.165, 1.54) is 6.33 Å². The van der Waals surface area contributed by atoms with Crippen molar-refractivity contribution in [2.75, 3.05) is 0 Å². The third-order valence-corrected chi connectivity index (χ3v) is 1.63. The third kappa shape index (κ3) is 3.16. The fourth-order valence-corrected chi connectivity index (χ4v) is 1.14. The lowest BCUT2D eigenvalue weighted by Gasteiger charge is -2.18. The summed E-state index contributed by atoms with van der Waals surface area (Å²) in [6.45, 7) is 6.88. The highest BCUT2D eigenvalue weighted by Gasteiger charge is 2.15. The van der Waals surface area contributed by atoms with Gasteiger partial charge in [0.2, 0.25) is 0 Å². The van der Waals surface area contributed by atoms with Crippen LogP contribution in [-0.4, -0.2) is 25.8 Å². The van der Waals surface area contributed by atoms with Gasteiger partial charge in [-0.15, -0.1) is 0 Å². The van der Waals surface area contributed by atoms with Gasteiger partial charge in [0.05, 0.1) is 0 Å². The average molecular weight is 197 g/mol. The van der Waals surface area contributed by atoms with Crippen LogP contribution in [-0.2, 0) is 17.8 Å². The Morgan fingerprint density at radius 2 is 2.21 bits per heavy atom. The molecule has 0 bridgehead atoms. The van der Waals surface area contributed by atoms with E-state index in [-0.39, 0.29) is 11.8 Å². The van der Waals surface area contributed by atoms with E-state index in [1.54, 1.807) is 4.68 Å². The molecule has 1 rings (SSSR count). The quantitative estimate of drug-likeness (QED) is 0.783. The second-order valence-electron chi connectivity index (χ2n) is 4.47. The van der Waals surface area contributed by atoms with Crippen molar-refractivity contribution in [2.45, 2.75) is 33.7 Å². The minimum atomic E-state index is -0.881. The molecule has 1 N–H and O–H groups in total. The van der Waals surface area contributed by atoms with Crippen molar-refractivity contribution < 1.29 is 9.90 Å². The first-order chi connectivity index (χ1) is 6.38. The van der Waals surface area contributed by atoms with E-state index < -0.39 is 5.97 Å². The Morgan fingerprint density at radius 1 is 1.57 bits per heavy atom. The Morgan fingerprint density at radius 3 is 2.71 bits per heavy atom. The molecule has 0 amide bonds. The first kappa shape index (κ1) is 10.7. The molecule has 78 valence electrons. The Bertz CT molecular complexity index is 325.